The Labute approximate surface area is 348 Å². The molecule has 0 bridgehead atoms. The number of aryl methyl sites for hydroxylation is 4. The van der Waals surface area contributed by atoms with Gasteiger partial charge in [0.1, 0.15) is 0 Å². The SMILES string of the molecule is Cc1ccc(CN(c2ccc(C)cc2)c2ccc(F)[c]([Ti]([C]3=CC=CC3)([C]3=CC=CC3)[c]3c(F)ccc(N(Cc4ccc(C)cc4)c4ccc(C)cc4)c3F)c2F)cc1. The van der Waals surface area contributed by atoms with E-state index in [1.807, 2.05) is 171 Å². The molecule has 0 saturated carbocycles. The van der Waals surface area contributed by atoms with Crippen molar-refractivity contribution in [2.45, 2.75) is 53.6 Å². The predicted octanol–water partition coefficient (Wildman–Crippen LogP) is 12.9. The van der Waals surface area contributed by atoms with Gasteiger partial charge in [-0.05, 0) is 0 Å². The average Bonchev–Trinajstić information content (AvgIpc) is 3.98. The van der Waals surface area contributed by atoms with Crippen molar-refractivity contribution in [1.29, 1.82) is 0 Å². The van der Waals surface area contributed by atoms with Crippen molar-refractivity contribution < 1.29 is 34.2 Å². The van der Waals surface area contributed by atoms with E-state index in [4.69, 9.17) is 0 Å². The Kier molecular flexibility index (Phi) is 11.5. The zero-order chi connectivity index (χ0) is 41.3. The Morgan fingerprint density at radius 1 is 0.441 bits per heavy atom. The van der Waals surface area contributed by atoms with Crippen molar-refractivity contribution in [3.8, 4) is 0 Å². The summed E-state index contributed by atoms with van der Waals surface area (Å²) in [6.45, 7) is 8.54. The number of hydrogen-bond acceptors (Lipinski definition) is 2. The summed E-state index contributed by atoms with van der Waals surface area (Å²) in [6, 6.07) is 37.0. The summed E-state index contributed by atoms with van der Waals surface area (Å²) in [5.74, 6) is -3.24. The van der Waals surface area contributed by atoms with Crippen LogP contribution < -0.4 is 17.5 Å². The Hall–Kier alpha value is -5.69. The summed E-state index contributed by atoms with van der Waals surface area (Å²) in [6.07, 6.45) is 11.8. The van der Waals surface area contributed by atoms with Crippen LogP contribution in [0.25, 0.3) is 0 Å². The topological polar surface area (TPSA) is 6.48 Å². The summed E-state index contributed by atoms with van der Waals surface area (Å²) in [7, 11) is 0. The normalized spacial score (nSPS) is 13.5. The molecule has 0 radical (unpaired) electrons. The fourth-order valence-electron chi connectivity index (χ4n) is 8.44. The Balaban J connectivity index is 1.40. The molecule has 8 rings (SSSR count). The van der Waals surface area contributed by atoms with E-state index in [1.54, 1.807) is 0 Å². The first-order valence-electron chi connectivity index (χ1n) is 20.0. The number of rotatable bonds is 12. The molecule has 0 saturated heterocycles. The minimum atomic E-state index is -5.22. The monoisotopic (exact) mass is 822 g/mol. The molecule has 0 atom stereocenters. The number of halogens is 4. The zero-order valence-electron chi connectivity index (χ0n) is 33.7. The van der Waals surface area contributed by atoms with Crippen molar-refractivity contribution in [1.82, 2.24) is 0 Å². The molecule has 6 aromatic carbocycles. The Morgan fingerprint density at radius 3 is 1.10 bits per heavy atom. The number of hydrogen-bond donors (Lipinski definition) is 0. The van der Waals surface area contributed by atoms with Gasteiger partial charge in [-0.2, -0.15) is 0 Å². The summed E-state index contributed by atoms with van der Waals surface area (Å²) in [5.41, 5.74) is 7.78. The fourth-order valence-corrected chi connectivity index (χ4v) is 16.7. The summed E-state index contributed by atoms with van der Waals surface area (Å²) in [5, 5.41) is 0. The van der Waals surface area contributed by atoms with Crippen molar-refractivity contribution in [3.63, 3.8) is 0 Å². The third-order valence-electron chi connectivity index (χ3n) is 11.6. The predicted molar refractivity (Wildman–Crippen MR) is 232 cm³/mol. The van der Waals surface area contributed by atoms with Crippen LogP contribution in [-0.2, 0) is 29.7 Å². The maximum atomic E-state index is 18.4. The first-order chi connectivity index (χ1) is 28.5. The molecule has 0 spiro atoms. The first kappa shape index (κ1) is 40.1. The standard InChI is InChI=1S/2C21H18F2N.2C5H5.Ti/c2*1-15-3-7-17(8-4-15)14-24(19-10-5-16(2)6-11-19)21-12-9-18(22)13-20(21)23;2*1-2-4-5-3-1;/h2*3-12H,14H2,1-2H3;2*1-3H,4H2;. The molecule has 6 aromatic rings. The van der Waals surface area contributed by atoms with Crippen LogP contribution in [0.4, 0.5) is 40.3 Å². The number of nitrogens with zero attached hydrogens (tertiary/aromatic N) is 2. The van der Waals surface area contributed by atoms with E-state index in [0.717, 1.165) is 33.4 Å². The van der Waals surface area contributed by atoms with E-state index in [-0.39, 0.29) is 32.2 Å². The maximum absolute atomic E-state index is 18.4. The van der Waals surface area contributed by atoms with Gasteiger partial charge in [-0.15, -0.1) is 0 Å². The fraction of sp³-hybridized carbons (Fsp3) is 0.154. The van der Waals surface area contributed by atoms with Gasteiger partial charge in [0.2, 0.25) is 0 Å². The molecule has 0 amide bonds. The molecular weight excluding hydrogens is 776 g/mol. The van der Waals surface area contributed by atoms with Gasteiger partial charge in [-0.25, -0.2) is 0 Å². The molecular formula is C52H46F4N2Ti. The van der Waals surface area contributed by atoms with E-state index in [2.05, 4.69) is 0 Å². The third kappa shape index (κ3) is 7.80. The second kappa shape index (κ2) is 16.9. The van der Waals surface area contributed by atoms with Crippen molar-refractivity contribution in [2.24, 2.45) is 0 Å². The summed E-state index contributed by atoms with van der Waals surface area (Å²) in [4.78, 5) is 3.67. The molecule has 0 heterocycles. The van der Waals surface area contributed by atoms with Crippen LogP contribution in [0.15, 0.2) is 166 Å². The quantitative estimate of drug-likeness (QED) is 0.0896. The second-order valence-corrected chi connectivity index (χ2v) is 21.6. The molecule has 296 valence electrons. The average molecular weight is 823 g/mol. The molecule has 2 aliphatic carbocycles. The number of benzene rings is 6. The van der Waals surface area contributed by atoms with Crippen LogP contribution >= 0.6 is 0 Å². The Morgan fingerprint density at radius 2 is 0.780 bits per heavy atom. The van der Waals surface area contributed by atoms with E-state index in [0.29, 0.717) is 32.0 Å². The van der Waals surface area contributed by atoms with Gasteiger partial charge in [0.15, 0.2) is 0 Å². The minimum absolute atomic E-state index is 0.136. The van der Waals surface area contributed by atoms with Crippen LogP contribution in [0.3, 0.4) is 0 Å². The molecule has 2 nitrogen and oxygen atoms in total. The van der Waals surface area contributed by atoms with Gasteiger partial charge < -0.3 is 0 Å². The molecule has 0 fully saturated rings. The number of anilines is 4. The second-order valence-electron chi connectivity index (χ2n) is 15.7. The first-order valence-corrected chi connectivity index (χ1v) is 23.2. The third-order valence-corrected chi connectivity index (χ3v) is 19.5. The van der Waals surface area contributed by atoms with Crippen LogP contribution in [0.2, 0.25) is 0 Å². The molecule has 0 aromatic heterocycles. The number of allylic oxidation sites excluding steroid dienone is 8. The van der Waals surface area contributed by atoms with Crippen molar-refractivity contribution in [2.75, 3.05) is 9.80 Å². The van der Waals surface area contributed by atoms with E-state index in [1.165, 1.54) is 24.3 Å². The summed E-state index contributed by atoms with van der Waals surface area (Å²) >= 11 is -5.22. The Bertz CT molecular complexity index is 2440. The van der Waals surface area contributed by atoms with Gasteiger partial charge in [0, 0.05) is 0 Å². The molecule has 2 aliphatic rings. The van der Waals surface area contributed by atoms with Gasteiger partial charge in [-0.3, -0.25) is 0 Å². The van der Waals surface area contributed by atoms with Crippen LogP contribution in [-0.4, -0.2) is 0 Å². The van der Waals surface area contributed by atoms with Gasteiger partial charge in [0.05, 0.1) is 0 Å². The van der Waals surface area contributed by atoms with Gasteiger partial charge in [0.25, 0.3) is 0 Å². The van der Waals surface area contributed by atoms with Gasteiger partial charge >= 0.3 is 350 Å². The van der Waals surface area contributed by atoms with Crippen molar-refractivity contribution in [3.05, 3.63) is 222 Å². The molecule has 0 unspecified atom stereocenters. The van der Waals surface area contributed by atoms with Crippen LogP contribution in [0.1, 0.15) is 46.2 Å². The van der Waals surface area contributed by atoms with E-state index >= 15 is 17.6 Å². The van der Waals surface area contributed by atoms with Gasteiger partial charge in [-0.1, -0.05) is 0 Å². The molecule has 0 N–H and O–H groups in total. The van der Waals surface area contributed by atoms with Crippen LogP contribution in [0.5, 0.6) is 0 Å². The van der Waals surface area contributed by atoms with Crippen LogP contribution in [0, 0.1) is 51.0 Å². The zero-order valence-corrected chi connectivity index (χ0v) is 35.3. The molecule has 7 heteroatoms. The van der Waals surface area contributed by atoms with E-state index in [9.17, 15) is 0 Å². The molecule has 59 heavy (non-hydrogen) atoms. The molecule has 0 aliphatic heterocycles. The van der Waals surface area contributed by atoms with Crippen molar-refractivity contribution >= 4 is 30.5 Å². The van der Waals surface area contributed by atoms with E-state index < -0.39 is 39.9 Å². The summed E-state index contributed by atoms with van der Waals surface area (Å²) < 4.78 is 72.2.